The molecule has 0 saturated carbocycles. The second-order valence-corrected chi connectivity index (χ2v) is 4.67. The number of aryl methyl sites for hydroxylation is 1. The Morgan fingerprint density at radius 3 is 2.89 bits per heavy atom. The first-order valence-electron chi connectivity index (χ1n) is 6.78. The third-order valence-corrected chi connectivity index (χ3v) is 3.50. The Kier molecular flexibility index (Phi) is 5.17. The summed E-state index contributed by atoms with van der Waals surface area (Å²) in [6, 6.07) is 8.99. The summed E-state index contributed by atoms with van der Waals surface area (Å²) in [5.74, 6) is 0. The molecule has 0 spiro atoms. The van der Waals surface area contributed by atoms with Gasteiger partial charge in [0.1, 0.15) is 0 Å². The van der Waals surface area contributed by atoms with Crippen molar-refractivity contribution < 1.29 is 9.47 Å². The van der Waals surface area contributed by atoms with E-state index < -0.39 is 0 Å². The largest absolute Gasteiger partial charge is 0.382 e. The van der Waals surface area contributed by atoms with E-state index in [1.54, 1.807) is 7.11 Å². The summed E-state index contributed by atoms with van der Waals surface area (Å²) in [5.41, 5.74) is 2.85. The van der Waals surface area contributed by atoms with Crippen molar-refractivity contribution in [2.24, 2.45) is 0 Å². The topological polar surface area (TPSA) is 30.5 Å². The first-order valence-corrected chi connectivity index (χ1v) is 6.78. The second kappa shape index (κ2) is 6.88. The Labute approximate surface area is 109 Å². The van der Waals surface area contributed by atoms with Crippen molar-refractivity contribution >= 4 is 0 Å². The van der Waals surface area contributed by atoms with Gasteiger partial charge in [-0.3, -0.25) is 0 Å². The lowest BCUT2D eigenvalue weighted by Gasteiger charge is -2.34. The van der Waals surface area contributed by atoms with Gasteiger partial charge in [-0.2, -0.15) is 0 Å². The Morgan fingerprint density at radius 1 is 1.28 bits per heavy atom. The van der Waals surface area contributed by atoms with Crippen molar-refractivity contribution in [3.63, 3.8) is 0 Å². The highest BCUT2D eigenvalue weighted by atomic mass is 16.5. The van der Waals surface area contributed by atoms with Crippen molar-refractivity contribution in [1.29, 1.82) is 0 Å². The molecule has 0 amide bonds. The zero-order valence-electron chi connectivity index (χ0n) is 11.3. The highest BCUT2D eigenvalue weighted by Crippen LogP contribution is 2.31. The number of ether oxygens (including phenoxy) is 2. The van der Waals surface area contributed by atoms with Crippen LogP contribution >= 0.6 is 0 Å². The van der Waals surface area contributed by atoms with Gasteiger partial charge in [0.15, 0.2) is 0 Å². The third kappa shape index (κ3) is 3.10. The number of fused-ring (bicyclic) bond motifs is 1. The van der Waals surface area contributed by atoms with E-state index in [9.17, 15) is 0 Å². The highest BCUT2D eigenvalue weighted by Gasteiger charge is 2.29. The lowest BCUT2D eigenvalue weighted by molar-refractivity contribution is -0.00980. The molecule has 0 fully saturated rings. The van der Waals surface area contributed by atoms with E-state index in [0.29, 0.717) is 19.3 Å². The molecule has 1 aliphatic carbocycles. The molecule has 0 bridgehead atoms. The van der Waals surface area contributed by atoms with Crippen LogP contribution in [-0.4, -0.2) is 33.0 Å². The van der Waals surface area contributed by atoms with Crippen LogP contribution < -0.4 is 5.32 Å². The summed E-state index contributed by atoms with van der Waals surface area (Å²) in [5, 5.41) is 3.55. The summed E-state index contributed by atoms with van der Waals surface area (Å²) in [6.07, 6.45) is 2.45. The summed E-state index contributed by atoms with van der Waals surface area (Å²) in [7, 11) is 1.71. The van der Waals surface area contributed by atoms with E-state index in [4.69, 9.17) is 9.47 Å². The first-order chi connectivity index (χ1) is 8.86. The van der Waals surface area contributed by atoms with E-state index in [2.05, 4.69) is 36.5 Å². The van der Waals surface area contributed by atoms with Crippen LogP contribution in [0.5, 0.6) is 0 Å². The summed E-state index contributed by atoms with van der Waals surface area (Å²) in [6.45, 7) is 4.44. The van der Waals surface area contributed by atoms with Crippen molar-refractivity contribution in [2.75, 3.05) is 26.9 Å². The van der Waals surface area contributed by atoms with Gasteiger partial charge in [-0.25, -0.2) is 0 Å². The number of nitrogens with one attached hydrogen (secondary N) is 1. The van der Waals surface area contributed by atoms with Crippen LogP contribution in [0.25, 0.3) is 0 Å². The van der Waals surface area contributed by atoms with Gasteiger partial charge in [0, 0.05) is 7.11 Å². The van der Waals surface area contributed by atoms with Gasteiger partial charge < -0.3 is 14.8 Å². The Bertz CT molecular complexity index is 367. The van der Waals surface area contributed by atoms with Crippen molar-refractivity contribution in [3.8, 4) is 0 Å². The smallest absolute Gasteiger partial charge is 0.0774 e. The van der Waals surface area contributed by atoms with E-state index in [1.165, 1.54) is 11.1 Å². The maximum atomic E-state index is 5.96. The van der Waals surface area contributed by atoms with Crippen LogP contribution in [0.2, 0.25) is 0 Å². The van der Waals surface area contributed by atoms with Gasteiger partial charge in [-0.05, 0) is 30.5 Å². The molecule has 18 heavy (non-hydrogen) atoms. The molecular formula is C15H23NO2. The van der Waals surface area contributed by atoms with E-state index >= 15 is 0 Å². The van der Waals surface area contributed by atoms with Gasteiger partial charge in [0.2, 0.25) is 0 Å². The molecule has 0 aromatic heterocycles. The lowest BCUT2D eigenvalue weighted by atomic mass is 9.85. The van der Waals surface area contributed by atoms with Crippen LogP contribution in [-0.2, 0) is 15.9 Å². The zero-order chi connectivity index (χ0) is 12.8. The predicted octanol–water partition coefficient (Wildman–Crippen LogP) is 2.32. The molecule has 1 aromatic carbocycles. The molecular weight excluding hydrogens is 226 g/mol. The van der Waals surface area contributed by atoms with E-state index in [-0.39, 0.29) is 6.10 Å². The number of hydrogen-bond acceptors (Lipinski definition) is 3. The average Bonchev–Trinajstić information content (AvgIpc) is 2.41. The fraction of sp³-hybridized carbons (Fsp3) is 0.600. The van der Waals surface area contributed by atoms with Crippen molar-refractivity contribution in [1.82, 2.24) is 5.32 Å². The molecule has 0 heterocycles. The summed E-state index contributed by atoms with van der Waals surface area (Å²) < 4.78 is 11.0. The SMILES string of the molecule is CCNC1c2ccccc2CCC1OCCOC. The van der Waals surface area contributed by atoms with Crippen molar-refractivity contribution in [2.45, 2.75) is 31.9 Å². The lowest BCUT2D eigenvalue weighted by Crippen LogP contribution is -2.38. The molecule has 3 nitrogen and oxygen atoms in total. The Morgan fingerprint density at radius 2 is 2.11 bits per heavy atom. The maximum Gasteiger partial charge on any atom is 0.0774 e. The van der Waals surface area contributed by atoms with Crippen molar-refractivity contribution in [3.05, 3.63) is 35.4 Å². The van der Waals surface area contributed by atoms with Gasteiger partial charge in [-0.15, -0.1) is 0 Å². The molecule has 0 aliphatic heterocycles. The summed E-state index contributed by atoms with van der Waals surface area (Å²) in [4.78, 5) is 0. The molecule has 1 aliphatic rings. The number of hydrogen-bond donors (Lipinski definition) is 1. The molecule has 0 radical (unpaired) electrons. The molecule has 2 unspecified atom stereocenters. The number of benzene rings is 1. The van der Waals surface area contributed by atoms with Crippen LogP contribution in [0, 0.1) is 0 Å². The minimum atomic E-state index is 0.259. The van der Waals surface area contributed by atoms with Crippen LogP contribution in [0.1, 0.15) is 30.5 Å². The standard InChI is InChI=1S/C15H23NO2/c1-3-16-15-13-7-5-4-6-12(13)8-9-14(15)18-11-10-17-2/h4-7,14-16H,3,8-11H2,1-2H3. The Hall–Kier alpha value is -0.900. The minimum absolute atomic E-state index is 0.259. The van der Waals surface area contributed by atoms with E-state index in [0.717, 1.165) is 19.4 Å². The van der Waals surface area contributed by atoms with Gasteiger partial charge >= 0.3 is 0 Å². The first kappa shape index (κ1) is 13.5. The Balaban J connectivity index is 2.08. The molecule has 1 N–H and O–H groups in total. The number of rotatable bonds is 6. The van der Waals surface area contributed by atoms with Gasteiger partial charge in [0.05, 0.1) is 25.4 Å². The maximum absolute atomic E-state index is 5.96. The molecule has 1 aromatic rings. The molecule has 2 rings (SSSR count). The normalized spacial score (nSPS) is 22.8. The molecule has 100 valence electrons. The second-order valence-electron chi connectivity index (χ2n) is 4.67. The minimum Gasteiger partial charge on any atom is -0.382 e. The van der Waals surface area contributed by atoms with Gasteiger partial charge in [-0.1, -0.05) is 31.2 Å². The number of methoxy groups -OCH3 is 1. The fourth-order valence-electron chi connectivity index (χ4n) is 2.65. The molecule has 2 atom stereocenters. The van der Waals surface area contributed by atoms with Crippen LogP contribution in [0.15, 0.2) is 24.3 Å². The monoisotopic (exact) mass is 249 g/mol. The number of likely N-dealkylation sites (N-methyl/N-ethyl adjacent to an activating group) is 1. The molecule has 0 saturated heterocycles. The predicted molar refractivity (Wildman–Crippen MR) is 72.8 cm³/mol. The van der Waals surface area contributed by atoms with Crippen LogP contribution in [0.3, 0.4) is 0 Å². The average molecular weight is 249 g/mol. The molecule has 3 heteroatoms. The highest BCUT2D eigenvalue weighted by molar-refractivity contribution is 5.33. The third-order valence-electron chi connectivity index (χ3n) is 3.50. The van der Waals surface area contributed by atoms with E-state index in [1.807, 2.05) is 0 Å². The quantitative estimate of drug-likeness (QED) is 0.785. The summed E-state index contributed by atoms with van der Waals surface area (Å²) >= 11 is 0. The van der Waals surface area contributed by atoms with Crippen LogP contribution in [0.4, 0.5) is 0 Å². The fourth-order valence-corrected chi connectivity index (χ4v) is 2.65. The van der Waals surface area contributed by atoms with Gasteiger partial charge in [0.25, 0.3) is 0 Å². The zero-order valence-corrected chi connectivity index (χ0v) is 11.3.